The third-order valence-electron chi connectivity index (χ3n) is 3.34. The molecule has 92 valence electrons. The highest BCUT2D eigenvalue weighted by molar-refractivity contribution is 5.89. The Morgan fingerprint density at radius 2 is 2.39 bits per heavy atom. The zero-order chi connectivity index (χ0) is 12.4. The van der Waals surface area contributed by atoms with Crippen LogP contribution in [0.1, 0.15) is 29.7 Å². The van der Waals surface area contributed by atoms with Gasteiger partial charge in [0.2, 0.25) is 0 Å². The molecule has 0 radical (unpaired) electrons. The van der Waals surface area contributed by atoms with Crippen molar-refractivity contribution in [2.24, 2.45) is 4.99 Å². The predicted octanol–water partition coefficient (Wildman–Crippen LogP) is 1.67. The van der Waals surface area contributed by atoms with E-state index in [0.29, 0.717) is 0 Å². The van der Waals surface area contributed by atoms with Gasteiger partial charge in [0, 0.05) is 12.1 Å². The summed E-state index contributed by atoms with van der Waals surface area (Å²) in [6, 6.07) is 6.26. The highest BCUT2D eigenvalue weighted by Gasteiger charge is 2.27. The Morgan fingerprint density at radius 1 is 1.44 bits per heavy atom. The molecule has 1 atom stereocenters. The fourth-order valence-electron chi connectivity index (χ4n) is 2.57. The van der Waals surface area contributed by atoms with Gasteiger partial charge in [0.15, 0.2) is 0 Å². The third-order valence-corrected chi connectivity index (χ3v) is 3.34. The first-order chi connectivity index (χ1) is 8.90. The van der Waals surface area contributed by atoms with Gasteiger partial charge in [-0.3, -0.25) is 4.99 Å². The molecule has 0 spiro atoms. The van der Waals surface area contributed by atoms with Crippen molar-refractivity contribution in [2.75, 3.05) is 19.7 Å². The summed E-state index contributed by atoms with van der Waals surface area (Å²) in [7, 11) is 0. The predicted molar refractivity (Wildman–Crippen MR) is 71.7 cm³/mol. The van der Waals surface area contributed by atoms with Gasteiger partial charge in [-0.1, -0.05) is 18.1 Å². The van der Waals surface area contributed by atoms with Crippen molar-refractivity contribution in [3.05, 3.63) is 34.9 Å². The van der Waals surface area contributed by atoms with Crippen LogP contribution in [0.3, 0.4) is 0 Å². The van der Waals surface area contributed by atoms with Crippen LogP contribution in [0.25, 0.3) is 0 Å². The van der Waals surface area contributed by atoms with Gasteiger partial charge in [-0.15, -0.1) is 5.92 Å². The topological polar surface area (TPSA) is 33.6 Å². The van der Waals surface area contributed by atoms with Gasteiger partial charge in [0.05, 0.1) is 13.2 Å². The molecule has 0 aromatic heterocycles. The molecule has 1 aromatic rings. The van der Waals surface area contributed by atoms with Crippen LogP contribution in [-0.2, 0) is 11.2 Å². The van der Waals surface area contributed by atoms with E-state index in [1.54, 1.807) is 0 Å². The van der Waals surface area contributed by atoms with E-state index in [4.69, 9.17) is 4.74 Å². The Labute approximate surface area is 107 Å². The molecule has 0 saturated heterocycles. The summed E-state index contributed by atoms with van der Waals surface area (Å²) in [6.45, 7) is 4.37. The molecule has 18 heavy (non-hydrogen) atoms. The highest BCUT2D eigenvalue weighted by Crippen LogP contribution is 2.30. The first-order valence-electron chi connectivity index (χ1n) is 6.34. The lowest BCUT2D eigenvalue weighted by Crippen LogP contribution is -2.31. The Bertz CT molecular complexity index is 551. The van der Waals surface area contributed by atoms with Crippen LogP contribution in [-0.4, -0.2) is 25.5 Å². The van der Waals surface area contributed by atoms with Gasteiger partial charge >= 0.3 is 0 Å². The van der Waals surface area contributed by atoms with Gasteiger partial charge in [0.25, 0.3) is 0 Å². The minimum Gasteiger partial charge on any atom is -0.369 e. The molecule has 3 rings (SSSR count). The molecule has 0 fully saturated rings. The van der Waals surface area contributed by atoms with Gasteiger partial charge in [0.1, 0.15) is 11.9 Å². The van der Waals surface area contributed by atoms with Gasteiger partial charge in [-0.25, -0.2) is 0 Å². The molecule has 2 aliphatic heterocycles. The summed E-state index contributed by atoms with van der Waals surface area (Å²) in [4.78, 5) is 4.48. The number of benzene rings is 1. The number of ether oxygens (including phenoxy) is 1. The lowest BCUT2D eigenvalue weighted by Gasteiger charge is -2.27. The Balaban J connectivity index is 2.04. The SMILES string of the molecule is CC#Cc1cccc2c1CCOC2C1=NCCN1. The summed E-state index contributed by atoms with van der Waals surface area (Å²) < 4.78 is 5.88. The zero-order valence-corrected chi connectivity index (χ0v) is 10.5. The fraction of sp³-hybridized carbons (Fsp3) is 0.400. The molecule has 2 aliphatic rings. The van der Waals surface area contributed by atoms with Crippen LogP contribution in [0.5, 0.6) is 0 Å². The van der Waals surface area contributed by atoms with E-state index in [1.807, 2.05) is 6.92 Å². The Morgan fingerprint density at radius 3 is 3.17 bits per heavy atom. The van der Waals surface area contributed by atoms with Gasteiger partial charge in [-0.05, 0) is 30.5 Å². The van der Waals surface area contributed by atoms with Gasteiger partial charge in [-0.2, -0.15) is 0 Å². The maximum absolute atomic E-state index is 5.88. The molecule has 1 N–H and O–H groups in total. The second-order valence-electron chi connectivity index (χ2n) is 4.44. The zero-order valence-electron chi connectivity index (χ0n) is 10.5. The summed E-state index contributed by atoms with van der Waals surface area (Å²) in [6.07, 6.45) is 0.902. The molecule has 1 unspecified atom stereocenters. The maximum Gasteiger partial charge on any atom is 0.140 e. The second kappa shape index (κ2) is 4.83. The van der Waals surface area contributed by atoms with E-state index >= 15 is 0 Å². The quantitative estimate of drug-likeness (QED) is 0.758. The van der Waals surface area contributed by atoms with Crippen LogP contribution in [0, 0.1) is 11.8 Å². The average Bonchev–Trinajstić information content (AvgIpc) is 2.93. The molecular weight excluding hydrogens is 224 g/mol. The van der Waals surface area contributed by atoms with Crippen molar-refractivity contribution < 1.29 is 4.74 Å². The van der Waals surface area contributed by atoms with E-state index in [9.17, 15) is 0 Å². The van der Waals surface area contributed by atoms with E-state index in [1.165, 1.54) is 11.1 Å². The lowest BCUT2D eigenvalue weighted by molar-refractivity contribution is 0.0859. The monoisotopic (exact) mass is 240 g/mol. The second-order valence-corrected chi connectivity index (χ2v) is 4.44. The van der Waals surface area contributed by atoms with Crippen LogP contribution < -0.4 is 5.32 Å². The number of rotatable bonds is 1. The molecular formula is C15H16N2O. The number of hydrogen-bond donors (Lipinski definition) is 1. The molecule has 0 aliphatic carbocycles. The maximum atomic E-state index is 5.88. The van der Waals surface area contributed by atoms with Crippen molar-refractivity contribution in [3.8, 4) is 11.8 Å². The minimum atomic E-state index is -0.0325. The van der Waals surface area contributed by atoms with E-state index < -0.39 is 0 Å². The number of fused-ring (bicyclic) bond motifs is 1. The largest absolute Gasteiger partial charge is 0.369 e. The molecule has 0 bridgehead atoms. The number of nitrogens with one attached hydrogen (secondary N) is 1. The lowest BCUT2D eigenvalue weighted by atomic mass is 9.92. The minimum absolute atomic E-state index is 0.0325. The summed E-state index contributed by atoms with van der Waals surface area (Å²) in [5.74, 6) is 7.13. The number of aliphatic imine (C=N–C) groups is 1. The Kier molecular flexibility index (Phi) is 3.04. The normalized spacial score (nSPS) is 21.4. The van der Waals surface area contributed by atoms with E-state index in [2.05, 4.69) is 40.3 Å². The van der Waals surface area contributed by atoms with Crippen molar-refractivity contribution >= 4 is 5.84 Å². The fourth-order valence-corrected chi connectivity index (χ4v) is 2.57. The summed E-state index contributed by atoms with van der Waals surface area (Å²) >= 11 is 0. The first-order valence-corrected chi connectivity index (χ1v) is 6.34. The number of hydrogen-bond acceptors (Lipinski definition) is 3. The Hall–Kier alpha value is -1.79. The molecule has 0 saturated carbocycles. The molecule has 3 heteroatoms. The first kappa shape index (κ1) is 11.3. The van der Waals surface area contributed by atoms with Crippen LogP contribution in [0.2, 0.25) is 0 Å². The van der Waals surface area contributed by atoms with Crippen molar-refractivity contribution in [1.29, 1.82) is 0 Å². The standard InChI is InChI=1S/C15H16N2O/c1-2-4-11-5-3-6-13-12(11)7-10-18-14(13)15-16-8-9-17-15/h3,5-6,14H,7-10H2,1H3,(H,16,17). The highest BCUT2D eigenvalue weighted by atomic mass is 16.5. The number of amidine groups is 1. The van der Waals surface area contributed by atoms with Crippen LogP contribution in [0.15, 0.2) is 23.2 Å². The van der Waals surface area contributed by atoms with Crippen molar-refractivity contribution in [3.63, 3.8) is 0 Å². The molecule has 3 nitrogen and oxygen atoms in total. The third kappa shape index (κ3) is 1.89. The molecule has 1 aromatic carbocycles. The molecule has 0 amide bonds. The van der Waals surface area contributed by atoms with Crippen LogP contribution >= 0.6 is 0 Å². The number of nitrogens with zero attached hydrogens (tertiary/aromatic N) is 1. The van der Waals surface area contributed by atoms with Crippen molar-refractivity contribution in [1.82, 2.24) is 5.32 Å². The molecule has 2 heterocycles. The summed E-state index contributed by atoms with van der Waals surface area (Å²) in [5.41, 5.74) is 3.66. The van der Waals surface area contributed by atoms with Crippen molar-refractivity contribution in [2.45, 2.75) is 19.4 Å². The van der Waals surface area contributed by atoms with E-state index in [-0.39, 0.29) is 6.10 Å². The average molecular weight is 240 g/mol. The van der Waals surface area contributed by atoms with Gasteiger partial charge < -0.3 is 10.1 Å². The van der Waals surface area contributed by atoms with E-state index in [0.717, 1.165) is 37.5 Å². The van der Waals surface area contributed by atoms with Crippen LogP contribution in [0.4, 0.5) is 0 Å². The smallest absolute Gasteiger partial charge is 0.140 e. The summed E-state index contributed by atoms with van der Waals surface area (Å²) in [5, 5.41) is 3.31.